The van der Waals surface area contributed by atoms with E-state index in [1.807, 2.05) is 240 Å². The van der Waals surface area contributed by atoms with Crippen molar-refractivity contribution in [3.63, 3.8) is 0 Å². The van der Waals surface area contributed by atoms with E-state index in [1.54, 1.807) is 13.1 Å². The highest BCUT2D eigenvalue weighted by atomic mass is 15.1. The van der Waals surface area contributed by atoms with Crippen LogP contribution in [0.5, 0.6) is 0 Å². The average Bonchev–Trinajstić information content (AvgIpc) is 0.840. The first-order chi connectivity index (χ1) is 54.2. The van der Waals surface area contributed by atoms with Gasteiger partial charge in [0.1, 0.15) is 23.8 Å². The molecule has 0 fully saturated rings. The van der Waals surface area contributed by atoms with Crippen LogP contribution in [0.25, 0.3) is 113 Å². The average molecular weight is 1450 g/mol. The van der Waals surface area contributed by atoms with Gasteiger partial charge in [-0.2, -0.15) is 20.1 Å². The number of benzene rings is 9. The zero-order valence-electron chi connectivity index (χ0n) is 62.8. The van der Waals surface area contributed by atoms with Crippen LogP contribution in [0.2, 0.25) is 0 Å². The van der Waals surface area contributed by atoms with Crippen LogP contribution in [0.15, 0.2) is 353 Å². The molecule has 0 saturated heterocycles. The molecule has 17 nitrogen and oxygen atoms in total. The van der Waals surface area contributed by atoms with E-state index in [1.165, 1.54) is 28.6 Å². The van der Waals surface area contributed by atoms with Crippen molar-refractivity contribution in [1.82, 2.24) is 75.0 Å². The van der Waals surface area contributed by atoms with Gasteiger partial charge in [-0.15, -0.1) is 5.10 Å². The molecule has 17 heteroatoms. The molecule has 8 heterocycles. The van der Waals surface area contributed by atoms with Gasteiger partial charge in [-0.25, -0.2) is 34.9 Å². The van der Waals surface area contributed by atoms with Gasteiger partial charge in [0.15, 0.2) is 11.6 Å². The maximum atomic E-state index is 5.22. The van der Waals surface area contributed by atoms with Crippen molar-refractivity contribution >= 4 is 11.9 Å². The van der Waals surface area contributed by atoms with Gasteiger partial charge in [-0.05, 0) is 144 Å². The number of pyridine rings is 4. The third-order valence-corrected chi connectivity index (χ3v) is 16.4. The van der Waals surface area contributed by atoms with E-state index in [-0.39, 0.29) is 11.9 Å². The Balaban J connectivity index is 0.000000131. The minimum absolute atomic E-state index is 0.167. The van der Waals surface area contributed by atoms with Gasteiger partial charge >= 0.3 is 0 Å². The van der Waals surface area contributed by atoms with Crippen molar-refractivity contribution in [3.8, 4) is 113 Å². The summed E-state index contributed by atoms with van der Waals surface area (Å²) in [6.07, 6.45) is 6.67. The largest absolute Gasteiger partial charge is 0.368 e. The zero-order valence-corrected chi connectivity index (χ0v) is 62.8. The van der Waals surface area contributed by atoms with Crippen LogP contribution in [0, 0.1) is 48.5 Å². The molecule has 8 aromatic heterocycles. The summed E-state index contributed by atoms with van der Waals surface area (Å²) >= 11 is 0. The topological polar surface area (TPSA) is 245 Å². The van der Waals surface area contributed by atoms with E-state index in [4.69, 9.17) is 16.5 Å². The molecule has 0 spiro atoms. The molecule has 544 valence electrons. The molecule has 0 saturated carbocycles. The van der Waals surface area contributed by atoms with Crippen molar-refractivity contribution in [2.45, 2.75) is 48.5 Å². The Morgan fingerprint density at radius 3 is 0.901 bits per heavy atom. The lowest BCUT2D eigenvalue weighted by atomic mass is 10.0. The van der Waals surface area contributed by atoms with E-state index in [9.17, 15) is 0 Å². The maximum absolute atomic E-state index is 5.22. The van der Waals surface area contributed by atoms with Crippen LogP contribution in [0.4, 0.5) is 11.9 Å². The highest BCUT2D eigenvalue weighted by Crippen LogP contribution is 2.30. The molecule has 17 aromatic rings. The summed E-state index contributed by atoms with van der Waals surface area (Å²) in [5.41, 5.74) is 34.2. The van der Waals surface area contributed by atoms with E-state index in [2.05, 4.69) is 211 Å². The van der Waals surface area contributed by atoms with Gasteiger partial charge in [0.05, 0.1) is 51.7 Å². The van der Waals surface area contributed by atoms with Crippen LogP contribution < -0.4 is 11.5 Å². The van der Waals surface area contributed by atoms with Gasteiger partial charge in [0.25, 0.3) is 0 Å². The summed E-state index contributed by atoms with van der Waals surface area (Å²) in [5.74, 6) is 3.83. The minimum atomic E-state index is 0.167. The first kappa shape index (κ1) is 77.4. The Bertz CT molecular complexity index is 4590. The van der Waals surface area contributed by atoms with Gasteiger partial charge in [0, 0.05) is 68.2 Å². The Morgan fingerprint density at radius 1 is 0.207 bits per heavy atom. The Kier molecular flexibility index (Phi) is 28.0. The van der Waals surface area contributed by atoms with Crippen LogP contribution in [0.3, 0.4) is 0 Å². The van der Waals surface area contributed by atoms with Crippen molar-refractivity contribution < 1.29 is 0 Å². The summed E-state index contributed by atoms with van der Waals surface area (Å²) in [7, 11) is 0. The van der Waals surface area contributed by atoms with Crippen molar-refractivity contribution in [2.75, 3.05) is 11.5 Å². The van der Waals surface area contributed by atoms with Gasteiger partial charge < -0.3 is 11.5 Å². The maximum Gasteiger partial charge on any atom is 0.225 e. The molecule has 0 unspecified atom stereocenters. The fourth-order valence-corrected chi connectivity index (χ4v) is 11.4. The van der Waals surface area contributed by atoms with Crippen molar-refractivity contribution in [3.05, 3.63) is 392 Å². The first-order valence-corrected chi connectivity index (χ1v) is 36.0. The molecular formula is C94H83N17. The number of hydrogen-bond donors (Lipinski definition) is 2. The number of aryl methyl sites for hydroxylation is 7. The van der Waals surface area contributed by atoms with Crippen LogP contribution in [-0.4, -0.2) is 75.0 Å². The first-order valence-electron chi connectivity index (χ1n) is 36.0. The number of hydrogen-bond acceptors (Lipinski definition) is 17. The van der Waals surface area contributed by atoms with Gasteiger partial charge in [-0.3, -0.25) is 15.0 Å². The summed E-state index contributed by atoms with van der Waals surface area (Å²) in [5, 5.41) is 7.06. The van der Waals surface area contributed by atoms with Gasteiger partial charge in [-0.1, -0.05) is 255 Å². The number of anilines is 2. The molecular weight excluding hydrogens is 1370 g/mol. The number of nitrogens with two attached hydrogens (primary N) is 2. The molecule has 9 aromatic carbocycles. The smallest absolute Gasteiger partial charge is 0.225 e. The third kappa shape index (κ3) is 24.2. The van der Waals surface area contributed by atoms with Gasteiger partial charge in [0.2, 0.25) is 11.9 Å². The fraction of sp³-hybridized carbons (Fsp3) is 0.0745. The fourth-order valence-electron chi connectivity index (χ4n) is 11.4. The lowest BCUT2D eigenvalue weighted by molar-refractivity contribution is 0.939. The number of rotatable bonds is 10. The summed E-state index contributed by atoms with van der Waals surface area (Å²) in [4.78, 5) is 55.4. The molecule has 17 rings (SSSR count). The summed E-state index contributed by atoms with van der Waals surface area (Å²) < 4.78 is 0. The quantitative estimate of drug-likeness (QED) is 0.129. The Labute approximate surface area is 648 Å². The highest BCUT2D eigenvalue weighted by molar-refractivity contribution is 5.74. The second-order valence-electron chi connectivity index (χ2n) is 25.3. The molecule has 0 aliphatic heterocycles. The summed E-state index contributed by atoms with van der Waals surface area (Å²) in [6.45, 7) is 13.6. The van der Waals surface area contributed by atoms with Crippen molar-refractivity contribution in [2.24, 2.45) is 0 Å². The predicted octanol–water partition coefficient (Wildman–Crippen LogP) is 20.7. The van der Waals surface area contributed by atoms with E-state index in [0.717, 1.165) is 113 Å². The number of aromatic nitrogens is 15. The zero-order chi connectivity index (χ0) is 77.4. The normalized spacial score (nSPS) is 10.2. The Morgan fingerprint density at radius 2 is 0.550 bits per heavy atom. The monoisotopic (exact) mass is 1450 g/mol. The second kappa shape index (κ2) is 40.1. The number of nitrogens with zero attached hydrogens (tertiary/aromatic N) is 15. The van der Waals surface area contributed by atoms with Crippen LogP contribution in [0.1, 0.15) is 40.0 Å². The molecule has 0 bridgehead atoms. The molecule has 4 N–H and O–H groups in total. The molecule has 0 radical (unpaired) electrons. The van der Waals surface area contributed by atoms with E-state index >= 15 is 0 Å². The molecule has 0 atom stereocenters. The van der Waals surface area contributed by atoms with Crippen LogP contribution in [-0.2, 0) is 0 Å². The predicted molar refractivity (Wildman–Crippen MR) is 448 cm³/mol. The Hall–Kier alpha value is -14.7. The standard InChI is InChI=1S/2C18H15N.2C17H14N2.C16H13N3.C4H7N5.C4H5N3/c1-14-12-17(15-8-4-2-5-9-15)13-18(19-14)16-10-6-3-7-11-16;1-14-12-17(15-8-4-2-5-9-15)19-18(13-14)16-10-6-3-7-11-16;1-13-10-14(16-6-2-4-8-18-16)12-15(11-13)17-7-3-5-9-19-17;1-13-18-16(14-8-4-2-5-9-14)12-17(19-13)15-10-6-3-7-11-15;1-12-17-15(13-8-4-2-5-9-13)19-16(18-12)14-10-6-3-7-11-14;1-2-7-3(5)9-4(6)8-2;1-4-2-6-7-3-5-4/h2*2-13H,1H3;2*2-12H,1H3;2-11H,1H3;1H3,(H4,5,6,7,8,9);2-3H,1H3. The molecule has 0 amide bonds. The second-order valence-corrected chi connectivity index (χ2v) is 25.3. The third-order valence-electron chi connectivity index (χ3n) is 16.4. The van der Waals surface area contributed by atoms with E-state index in [0.29, 0.717) is 17.5 Å². The minimum Gasteiger partial charge on any atom is -0.368 e. The van der Waals surface area contributed by atoms with E-state index < -0.39 is 0 Å². The summed E-state index contributed by atoms with van der Waals surface area (Å²) in [6, 6.07) is 111. The lowest BCUT2D eigenvalue weighted by Crippen LogP contribution is -2.03. The highest BCUT2D eigenvalue weighted by Gasteiger charge is 2.12. The SMILES string of the molecule is Cc1cc(-c2ccccc2)cc(-c2ccccc2)n1.Cc1cc(-c2ccccc2)nc(-c2ccccc2)c1.Cc1cc(-c2ccccn2)cc(-c2ccccn2)c1.Cc1cnncn1.Cc1nc(-c2ccccc2)cc(-c2ccccc2)n1.Cc1nc(-c2ccccc2)nc(-c2ccccc2)n1.Cc1nc(N)nc(N)n1. The lowest BCUT2D eigenvalue weighted by Gasteiger charge is -2.07. The molecule has 0 aliphatic carbocycles. The van der Waals surface area contributed by atoms with Crippen LogP contribution >= 0.6 is 0 Å². The molecule has 111 heavy (non-hydrogen) atoms. The molecule has 0 aliphatic rings. The number of nitrogen functional groups attached to an aromatic ring is 2. The van der Waals surface area contributed by atoms with Crippen molar-refractivity contribution in [1.29, 1.82) is 0 Å².